The highest BCUT2D eigenvalue weighted by Crippen LogP contribution is 2.18. The van der Waals surface area contributed by atoms with E-state index < -0.39 is 11.6 Å². The fourth-order valence-corrected chi connectivity index (χ4v) is 1.95. The lowest BCUT2D eigenvalue weighted by Crippen LogP contribution is -1.90. The molecule has 5 heteroatoms. The van der Waals surface area contributed by atoms with E-state index in [2.05, 4.69) is 27.8 Å². The molecule has 0 aliphatic heterocycles. The van der Waals surface area contributed by atoms with Crippen LogP contribution in [-0.2, 0) is 4.79 Å². The summed E-state index contributed by atoms with van der Waals surface area (Å²) >= 11 is 4.13. The number of rotatable bonds is 2. The van der Waals surface area contributed by atoms with E-state index in [0.29, 0.717) is 16.6 Å². The molecular weight excluding hydrogens is 310 g/mol. The van der Waals surface area contributed by atoms with Crippen molar-refractivity contribution in [3.05, 3.63) is 33.8 Å². The Labute approximate surface area is 111 Å². The Bertz CT molecular complexity index is 468. The normalized spacial score (nSPS) is 9.65. The fourth-order valence-electron chi connectivity index (χ4n) is 1.06. The van der Waals surface area contributed by atoms with Gasteiger partial charge in [0.15, 0.2) is 5.12 Å². The Kier molecular flexibility index (Phi) is 5.66. The molecule has 0 radical (unpaired) electrons. The number of benzene rings is 1. The van der Waals surface area contributed by atoms with Gasteiger partial charge in [0, 0.05) is 23.6 Å². The molecule has 0 bridgehead atoms. The quantitative estimate of drug-likeness (QED) is 0.610. The monoisotopic (exact) mass is 318 g/mol. The van der Waals surface area contributed by atoms with Crippen molar-refractivity contribution in [1.82, 2.24) is 0 Å². The van der Waals surface area contributed by atoms with E-state index in [1.165, 1.54) is 6.92 Å². The van der Waals surface area contributed by atoms with Crippen molar-refractivity contribution in [3.63, 3.8) is 0 Å². The van der Waals surface area contributed by atoms with E-state index in [1.807, 2.05) is 0 Å². The number of carbonyl (C=O) groups excluding carboxylic acids is 1. The maximum Gasteiger partial charge on any atom is 0.185 e. The molecule has 0 atom stereocenters. The first kappa shape index (κ1) is 14.2. The minimum atomic E-state index is -0.691. The summed E-state index contributed by atoms with van der Waals surface area (Å²) in [5, 5.41) is 0.00722. The van der Waals surface area contributed by atoms with Gasteiger partial charge in [-0.15, -0.1) is 0 Å². The maximum absolute atomic E-state index is 13.3. The van der Waals surface area contributed by atoms with Crippen molar-refractivity contribution in [2.75, 3.05) is 5.75 Å². The van der Waals surface area contributed by atoms with E-state index in [9.17, 15) is 13.6 Å². The van der Waals surface area contributed by atoms with Crippen molar-refractivity contribution >= 4 is 32.8 Å². The lowest BCUT2D eigenvalue weighted by atomic mass is 10.2. The third-order valence-corrected chi connectivity index (χ3v) is 3.03. The van der Waals surface area contributed by atoms with Gasteiger partial charge in [-0.3, -0.25) is 4.79 Å². The van der Waals surface area contributed by atoms with Gasteiger partial charge in [-0.1, -0.05) is 39.5 Å². The molecule has 0 aliphatic rings. The second-order valence-electron chi connectivity index (χ2n) is 3.14. The molecule has 0 aliphatic carbocycles. The standard InChI is InChI=1S/C12H9BrF2OS/c1-8(16)17-5-3-2-4-10-11(14)6-9(13)7-12(10)15/h6-7H,3,5H2,1H3. The molecule has 0 heterocycles. The molecule has 1 rings (SSSR count). The molecule has 0 N–H and O–H groups in total. The summed E-state index contributed by atoms with van der Waals surface area (Å²) in [5.74, 6) is 4.22. The molecule has 0 unspecified atom stereocenters. The zero-order chi connectivity index (χ0) is 12.8. The molecule has 0 amide bonds. The van der Waals surface area contributed by atoms with Crippen LogP contribution < -0.4 is 0 Å². The number of halogens is 3. The Balaban J connectivity index is 2.69. The van der Waals surface area contributed by atoms with Crippen molar-refractivity contribution in [2.45, 2.75) is 13.3 Å². The predicted molar refractivity (Wildman–Crippen MR) is 68.7 cm³/mol. The van der Waals surface area contributed by atoms with Crippen LogP contribution in [0, 0.1) is 23.5 Å². The van der Waals surface area contributed by atoms with Crippen molar-refractivity contribution < 1.29 is 13.6 Å². The van der Waals surface area contributed by atoms with Crippen LogP contribution in [0.2, 0.25) is 0 Å². The molecule has 0 aromatic heterocycles. The molecule has 17 heavy (non-hydrogen) atoms. The zero-order valence-electron chi connectivity index (χ0n) is 9.02. The first-order valence-corrected chi connectivity index (χ1v) is 6.55. The molecule has 0 fully saturated rings. The van der Waals surface area contributed by atoms with Crippen LogP contribution in [0.25, 0.3) is 0 Å². The summed E-state index contributed by atoms with van der Waals surface area (Å²) in [4.78, 5) is 10.6. The van der Waals surface area contributed by atoms with Gasteiger partial charge in [0.05, 0.1) is 5.56 Å². The molecule has 1 aromatic carbocycles. The smallest absolute Gasteiger partial charge is 0.185 e. The molecule has 0 spiro atoms. The van der Waals surface area contributed by atoms with Crippen LogP contribution >= 0.6 is 27.7 Å². The first-order chi connectivity index (χ1) is 8.00. The molecule has 0 saturated carbocycles. The SMILES string of the molecule is CC(=O)SCCC#Cc1c(F)cc(Br)cc1F. The van der Waals surface area contributed by atoms with Crippen LogP contribution in [-0.4, -0.2) is 10.9 Å². The Morgan fingerprint density at radius 1 is 1.41 bits per heavy atom. The van der Waals surface area contributed by atoms with Crippen molar-refractivity contribution in [1.29, 1.82) is 0 Å². The van der Waals surface area contributed by atoms with Crippen LogP contribution in [0.1, 0.15) is 18.9 Å². The van der Waals surface area contributed by atoms with Crippen molar-refractivity contribution in [2.24, 2.45) is 0 Å². The summed E-state index contributed by atoms with van der Waals surface area (Å²) in [7, 11) is 0. The highest BCUT2D eigenvalue weighted by molar-refractivity contribution is 9.10. The zero-order valence-corrected chi connectivity index (χ0v) is 11.4. The Morgan fingerprint density at radius 3 is 2.53 bits per heavy atom. The highest BCUT2D eigenvalue weighted by Gasteiger charge is 2.07. The summed E-state index contributed by atoms with van der Waals surface area (Å²) in [6, 6.07) is 2.33. The van der Waals surface area contributed by atoms with Gasteiger partial charge in [-0.25, -0.2) is 8.78 Å². The fraction of sp³-hybridized carbons (Fsp3) is 0.250. The predicted octanol–water partition coefficient (Wildman–Crippen LogP) is 3.75. The third kappa shape index (κ3) is 4.88. The molecule has 0 saturated heterocycles. The van der Waals surface area contributed by atoms with Crippen LogP contribution in [0.4, 0.5) is 8.78 Å². The molecule has 90 valence electrons. The van der Waals surface area contributed by atoms with Gasteiger partial charge >= 0.3 is 0 Å². The number of hydrogen-bond donors (Lipinski definition) is 0. The minimum Gasteiger partial charge on any atom is -0.288 e. The first-order valence-electron chi connectivity index (χ1n) is 4.77. The second-order valence-corrected chi connectivity index (χ2v) is 5.32. The van der Waals surface area contributed by atoms with Gasteiger partial charge < -0.3 is 0 Å². The van der Waals surface area contributed by atoms with E-state index in [-0.39, 0.29) is 10.7 Å². The van der Waals surface area contributed by atoms with E-state index in [1.54, 1.807) is 0 Å². The Morgan fingerprint density at radius 2 is 2.00 bits per heavy atom. The number of carbonyl (C=O) groups is 1. The van der Waals surface area contributed by atoms with E-state index >= 15 is 0 Å². The topological polar surface area (TPSA) is 17.1 Å². The van der Waals surface area contributed by atoms with Crippen LogP contribution in [0.15, 0.2) is 16.6 Å². The number of hydrogen-bond acceptors (Lipinski definition) is 2. The van der Waals surface area contributed by atoms with Crippen LogP contribution in [0.5, 0.6) is 0 Å². The molecular formula is C12H9BrF2OS. The summed E-state index contributed by atoms with van der Waals surface area (Å²) in [6.45, 7) is 1.46. The lowest BCUT2D eigenvalue weighted by Gasteiger charge is -1.97. The molecule has 1 aromatic rings. The summed E-state index contributed by atoms with van der Waals surface area (Å²) < 4.78 is 27.0. The van der Waals surface area contributed by atoms with Gasteiger partial charge in [0.2, 0.25) is 0 Å². The van der Waals surface area contributed by atoms with Crippen LogP contribution in [0.3, 0.4) is 0 Å². The molecule has 1 nitrogen and oxygen atoms in total. The van der Waals surface area contributed by atoms with Gasteiger partial charge in [-0.05, 0) is 12.1 Å². The van der Waals surface area contributed by atoms with E-state index in [4.69, 9.17) is 0 Å². The second kappa shape index (κ2) is 6.77. The van der Waals surface area contributed by atoms with Gasteiger partial charge in [-0.2, -0.15) is 0 Å². The summed E-state index contributed by atoms with van der Waals surface area (Å²) in [6.07, 6.45) is 0.416. The Hall–Kier alpha value is -0.860. The van der Waals surface area contributed by atoms with Crippen molar-refractivity contribution in [3.8, 4) is 11.8 Å². The average molecular weight is 319 g/mol. The van der Waals surface area contributed by atoms with E-state index in [0.717, 1.165) is 23.9 Å². The number of thioether (sulfide) groups is 1. The minimum absolute atomic E-state index is 0.00722. The third-order valence-electron chi connectivity index (χ3n) is 1.75. The largest absolute Gasteiger partial charge is 0.288 e. The highest BCUT2D eigenvalue weighted by atomic mass is 79.9. The van der Waals surface area contributed by atoms with Gasteiger partial charge in [0.25, 0.3) is 0 Å². The average Bonchev–Trinajstić information content (AvgIpc) is 2.20. The van der Waals surface area contributed by atoms with Gasteiger partial charge in [0.1, 0.15) is 11.6 Å². The summed E-state index contributed by atoms with van der Waals surface area (Å²) in [5.41, 5.74) is -0.235. The maximum atomic E-state index is 13.3. The lowest BCUT2D eigenvalue weighted by molar-refractivity contribution is -0.109.